The minimum absolute atomic E-state index is 0.237. The molecule has 0 aliphatic heterocycles. The lowest BCUT2D eigenvalue weighted by molar-refractivity contribution is 0.0949. The second-order valence-corrected chi connectivity index (χ2v) is 6.58. The smallest absolute Gasteiger partial charge is 0.271 e. The molecule has 0 bridgehead atoms. The van der Waals surface area contributed by atoms with Gasteiger partial charge in [0.1, 0.15) is 17.3 Å². The Balaban J connectivity index is 1.52. The number of amides is 1. The summed E-state index contributed by atoms with van der Waals surface area (Å²) in [5.41, 5.74) is 4.72. The third kappa shape index (κ3) is 5.07. The highest BCUT2D eigenvalue weighted by molar-refractivity contribution is 5.92. The molecule has 2 N–H and O–H groups in total. The molecule has 6 nitrogen and oxygen atoms in total. The minimum atomic E-state index is -0.237. The van der Waals surface area contributed by atoms with Crippen LogP contribution in [0.1, 0.15) is 27.2 Å². The van der Waals surface area contributed by atoms with E-state index in [0.717, 1.165) is 29.0 Å². The molecule has 3 aromatic rings. The lowest BCUT2D eigenvalue weighted by atomic mass is 10.1. The van der Waals surface area contributed by atoms with Crippen LogP contribution >= 0.6 is 0 Å². The van der Waals surface area contributed by atoms with E-state index in [2.05, 4.69) is 33.6 Å². The van der Waals surface area contributed by atoms with Gasteiger partial charge in [0, 0.05) is 12.2 Å². The number of hydrogen-bond donors (Lipinski definition) is 2. The number of benzene rings is 2. The van der Waals surface area contributed by atoms with E-state index >= 15 is 0 Å². The molecule has 3 rings (SSSR count). The van der Waals surface area contributed by atoms with Crippen LogP contribution in [-0.2, 0) is 6.42 Å². The first-order valence-corrected chi connectivity index (χ1v) is 9.12. The average Bonchev–Trinajstić information content (AvgIpc) is 2.71. The fourth-order valence-corrected chi connectivity index (χ4v) is 2.80. The Bertz CT molecular complexity index is 938. The van der Waals surface area contributed by atoms with Gasteiger partial charge in [-0.2, -0.15) is 0 Å². The molecule has 6 heteroatoms. The zero-order valence-electron chi connectivity index (χ0n) is 16.3. The van der Waals surface area contributed by atoms with Crippen molar-refractivity contribution in [3.63, 3.8) is 0 Å². The van der Waals surface area contributed by atoms with Crippen LogP contribution in [-0.4, -0.2) is 29.5 Å². The maximum absolute atomic E-state index is 12.2. The molecule has 0 fully saturated rings. The number of aryl methyl sites for hydroxylation is 2. The second kappa shape index (κ2) is 8.99. The van der Waals surface area contributed by atoms with Crippen molar-refractivity contribution in [2.45, 2.75) is 20.3 Å². The number of rotatable bonds is 7. The summed E-state index contributed by atoms with van der Waals surface area (Å²) in [5.74, 6) is 1.18. The molecule has 0 aliphatic carbocycles. The molecule has 1 aromatic heterocycles. The number of aromatic nitrogens is 2. The van der Waals surface area contributed by atoms with E-state index in [0.29, 0.717) is 18.1 Å². The average molecular weight is 376 g/mol. The van der Waals surface area contributed by atoms with Crippen LogP contribution in [0, 0.1) is 13.8 Å². The Labute approximate surface area is 165 Å². The van der Waals surface area contributed by atoms with Gasteiger partial charge >= 0.3 is 0 Å². The van der Waals surface area contributed by atoms with Crippen LogP contribution < -0.4 is 15.4 Å². The van der Waals surface area contributed by atoms with Crippen LogP contribution in [0.3, 0.4) is 0 Å². The molecule has 2 aromatic carbocycles. The quantitative estimate of drug-likeness (QED) is 0.656. The van der Waals surface area contributed by atoms with Gasteiger partial charge in [-0.3, -0.25) is 4.79 Å². The van der Waals surface area contributed by atoms with Crippen molar-refractivity contribution in [2.75, 3.05) is 19.0 Å². The number of hydrogen-bond acceptors (Lipinski definition) is 5. The van der Waals surface area contributed by atoms with E-state index in [1.807, 2.05) is 43.3 Å². The summed E-state index contributed by atoms with van der Waals surface area (Å²) in [6.07, 6.45) is 3.78. The molecule has 28 heavy (non-hydrogen) atoms. The molecule has 144 valence electrons. The van der Waals surface area contributed by atoms with Crippen LogP contribution in [0.5, 0.6) is 5.75 Å². The highest BCUT2D eigenvalue weighted by Gasteiger charge is 2.08. The Hall–Kier alpha value is -3.41. The van der Waals surface area contributed by atoms with Gasteiger partial charge in [0.25, 0.3) is 5.91 Å². The van der Waals surface area contributed by atoms with Crippen molar-refractivity contribution in [1.82, 2.24) is 15.3 Å². The maximum atomic E-state index is 12.2. The summed E-state index contributed by atoms with van der Waals surface area (Å²) in [6.45, 7) is 4.61. The zero-order valence-corrected chi connectivity index (χ0v) is 16.3. The summed E-state index contributed by atoms with van der Waals surface area (Å²) >= 11 is 0. The molecular formula is C22H24N4O2. The number of anilines is 2. The van der Waals surface area contributed by atoms with Gasteiger partial charge < -0.3 is 15.4 Å². The van der Waals surface area contributed by atoms with E-state index in [1.54, 1.807) is 13.3 Å². The number of carbonyl (C=O) groups is 1. The highest BCUT2D eigenvalue weighted by Crippen LogP contribution is 2.19. The fraction of sp³-hybridized carbons (Fsp3) is 0.227. The van der Waals surface area contributed by atoms with E-state index in [4.69, 9.17) is 4.74 Å². The Kier molecular flexibility index (Phi) is 6.22. The van der Waals surface area contributed by atoms with Crippen molar-refractivity contribution in [3.05, 3.63) is 77.2 Å². The number of methoxy groups -OCH3 is 1. The summed E-state index contributed by atoms with van der Waals surface area (Å²) in [5, 5.41) is 6.09. The lowest BCUT2D eigenvalue weighted by Crippen LogP contribution is -2.26. The van der Waals surface area contributed by atoms with E-state index in [1.165, 1.54) is 11.8 Å². The number of nitrogens with zero attached hydrogens (tertiary/aromatic N) is 2. The number of nitrogens with one attached hydrogen (secondary N) is 2. The van der Waals surface area contributed by atoms with Crippen molar-refractivity contribution >= 4 is 17.4 Å². The Morgan fingerprint density at radius 2 is 1.82 bits per heavy atom. The van der Waals surface area contributed by atoms with Crippen LogP contribution in [0.25, 0.3) is 0 Å². The van der Waals surface area contributed by atoms with Crippen molar-refractivity contribution in [1.29, 1.82) is 0 Å². The Morgan fingerprint density at radius 3 is 2.46 bits per heavy atom. The molecular weight excluding hydrogens is 352 g/mol. The third-order valence-electron chi connectivity index (χ3n) is 4.39. The van der Waals surface area contributed by atoms with E-state index in [-0.39, 0.29) is 5.91 Å². The van der Waals surface area contributed by atoms with Crippen LogP contribution in [0.2, 0.25) is 0 Å². The Morgan fingerprint density at radius 1 is 1.04 bits per heavy atom. The molecule has 0 saturated heterocycles. The normalized spacial score (nSPS) is 10.4. The van der Waals surface area contributed by atoms with E-state index in [9.17, 15) is 4.79 Å². The molecule has 0 unspecified atom stereocenters. The predicted molar refractivity (Wildman–Crippen MR) is 110 cm³/mol. The molecule has 1 amide bonds. The maximum Gasteiger partial charge on any atom is 0.271 e. The topological polar surface area (TPSA) is 76.1 Å². The molecule has 0 aliphatic rings. The van der Waals surface area contributed by atoms with Crippen LogP contribution in [0.4, 0.5) is 11.5 Å². The first-order valence-electron chi connectivity index (χ1n) is 9.12. The molecule has 0 spiro atoms. The summed E-state index contributed by atoms with van der Waals surface area (Å²) < 4.78 is 5.14. The van der Waals surface area contributed by atoms with Gasteiger partial charge in [0.2, 0.25) is 0 Å². The number of ether oxygens (including phenoxy) is 1. The summed E-state index contributed by atoms with van der Waals surface area (Å²) in [7, 11) is 1.64. The molecule has 0 radical (unpaired) electrons. The zero-order chi connectivity index (χ0) is 19.9. The molecule has 1 heterocycles. The predicted octanol–water partition coefficient (Wildman–Crippen LogP) is 3.82. The van der Waals surface area contributed by atoms with Gasteiger partial charge in [-0.05, 0) is 49.6 Å². The second-order valence-electron chi connectivity index (χ2n) is 6.58. The molecule has 0 saturated carbocycles. The first-order chi connectivity index (χ1) is 13.5. The van der Waals surface area contributed by atoms with Gasteiger partial charge in [-0.1, -0.05) is 29.8 Å². The lowest BCUT2D eigenvalue weighted by Gasteiger charge is -2.10. The monoisotopic (exact) mass is 376 g/mol. The van der Waals surface area contributed by atoms with Crippen LogP contribution in [0.15, 0.2) is 54.9 Å². The van der Waals surface area contributed by atoms with E-state index < -0.39 is 0 Å². The minimum Gasteiger partial charge on any atom is -0.497 e. The van der Waals surface area contributed by atoms with Crippen molar-refractivity contribution < 1.29 is 9.53 Å². The highest BCUT2D eigenvalue weighted by atomic mass is 16.5. The van der Waals surface area contributed by atoms with Gasteiger partial charge in [-0.25, -0.2) is 9.97 Å². The van der Waals surface area contributed by atoms with Crippen molar-refractivity contribution in [2.24, 2.45) is 0 Å². The van der Waals surface area contributed by atoms with Gasteiger partial charge in [0.05, 0.1) is 19.5 Å². The summed E-state index contributed by atoms with van der Waals surface area (Å²) in [4.78, 5) is 20.8. The van der Waals surface area contributed by atoms with Gasteiger partial charge in [0.15, 0.2) is 0 Å². The summed E-state index contributed by atoms with van der Waals surface area (Å²) in [6, 6.07) is 13.9. The third-order valence-corrected chi connectivity index (χ3v) is 4.39. The fourth-order valence-electron chi connectivity index (χ4n) is 2.80. The standard InChI is InChI=1S/C22H24N4O2/c1-15-4-9-19(16(2)12-15)26-21-14-24-20(13-25-21)22(27)23-11-10-17-5-7-18(28-3)8-6-17/h4-9,12-14H,10-11H2,1-3H3,(H,23,27)(H,25,26). The van der Waals surface area contributed by atoms with Crippen molar-refractivity contribution in [3.8, 4) is 5.75 Å². The number of carbonyl (C=O) groups excluding carboxylic acids is 1. The first kappa shape index (κ1) is 19.4. The SMILES string of the molecule is COc1ccc(CCNC(=O)c2cnc(Nc3ccc(C)cc3C)cn2)cc1. The molecule has 0 atom stereocenters. The van der Waals surface area contributed by atoms with Gasteiger partial charge in [-0.15, -0.1) is 0 Å². The largest absolute Gasteiger partial charge is 0.497 e.